The summed E-state index contributed by atoms with van der Waals surface area (Å²) in [5, 5.41) is 36.2. The largest absolute Gasteiger partial charge is 0.507 e. The van der Waals surface area contributed by atoms with E-state index in [4.69, 9.17) is 14.6 Å². The lowest BCUT2D eigenvalue weighted by atomic mass is 10.1. The molecule has 3 N–H and O–H groups in total. The molecule has 2 aromatic carbocycles. The number of ether oxygens (including phenoxy) is 2. The van der Waals surface area contributed by atoms with Gasteiger partial charge in [0.2, 0.25) is 0 Å². The van der Waals surface area contributed by atoms with Gasteiger partial charge in [0.15, 0.2) is 5.78 Å². The van der Waals surface area contributed by atoms with Crippen molar-refractivity contribution in [1.82, 2.24) is 0 Å². The van der Waals surface area contributed by atoms with Crippen LogP contribution in [0.5, 0.6) is 11.5 Å². The Balaban J connectivity index is 2.02. The summed E-state index contributed by atoms with van der Waals surface area (Å²) in [6.07, 6.45) is 3.60. The van der Waals surface area contributed by atoms with E-state index >= 15 is 0 Å². The van der Waals surface area contributed by atoms with Crippen LogP contribution in [0.15, 0.2) is 46.6 Å². The van der Waals surface area contributed by atoms with Crippen LogP contribution >= 0.6 is 0 Å². The van der Waals surface area contributed by atoms with Crippen LogP contribution in [0.4, 0.5) is 0 Å². The van der Waals surface area contributed by atoms with Crippen molar-refractivity contribution in [2.24, 2.45) is 10.2 Å². The second-order valence-corrected chi connectivity index (χ2v) is 6.37. The molecule has 0 fully saturated rings. The topological polar surface area (TPSA) is 138 Å². The Morgan fingerprint density at radius 2 is 1.48 bits per heavy atom. The number of Topliss-reactive ketones (excluding diaryl/α,β-unsaturated/α-hetero) is 1. The van der Waals surface area contributed by atoms with Gasteiger partial charge in [-0.3, -0.25) is 4.79 Å². The standard InChI is InChI=1S/C22H24N2O7/c1-2-7-30-8-9-31-22(29)18-11-16(4-6-20(18)27)13-24-23-12-15-3-5-19(26)17(10-15)21(28)14-25/h3-6,10-13,25-27H,2,7-9,14H2,1H3/b23-12+,24-13+. The predicted octanol–water partition coefficient (Wildman–Crippen LogP) is 2.31. The number of hydrogen-bond acceptors (Lipinski definition) is 9. The van der Waals surface area contributed by atoms with Crippen LogP contribution in [0.1, 0.15) is 45.2 Å². The molecular weight excluding hydrogens is 404 g/mol. The number of carbonyl (C=O) groups excluding carboxylic acids is 2. The minimum absolute atomic E-state index is 0.00545. The Kier molecular flexibility index (Phi) is 9.34. The van der Waals surface area contributed by atoms with Crippen LogP contribution in [0.2, 0.25) is 0 Å². The van der Waals surface area contributed by atoms with Gasteiger partial charge in [0, 0.05) is 6.61 Å². The van der Waals surface area contributed by atoms with Crippen molar-refractivity contribution in [3.63, 3.8) is 0 Å². The first-order valence-corrected chi connectivity index (χ1v) is 9.57. The number of phenols is 2. The number of hydrogen-bond donors (Lipinski definition) is 3. The Hall–Kier alpha value is -3.56. The summed E-state index contributed by atoms with van der Waals surface area (Å²) in [5.74, 6) is -1.75. The highest BCUT2D eigenvalue weighted by Crippen LogP contribution is 2.19. The van der Waals surface area contributed by atoms with Crippen LogP contribution < -0.4 is 0 Å². The third kappa shape index (κ3) is 7.32. The number of aliphatic hydroxyl groups excluding tert-OH is 1. The van der Waals surface area contributed by atoms with Crippen LogP contribution in [-0.4, -0.2) is 65.9 Å². The molecule has 2 rings (SSSR count). The number of aliphatic hydroxyl groups is 1. The maximum atomic E-state index is 12.1. The molecular formula is C22H24N2O7. The van der Waals surface area contributed by atoms with E-state index in [2.05, 4.69) is 10.2 Å². The number of nitrogens with zero attached hydrogens (tertiary/aromatic N) is 2. The molecule has 9 heteroatoms. The molecule has 0 unspecified atom stereocenters. The lowest BCUT2D eigenvalue weighted by molar-refractivity contribution is 0.0316. The van der Waals surface area contributed by atoms with Gasteiger partial charge in [-0.1, -0.05) is 6.92 Å². The molecule has 0 saturated heterocycles. The SMILES string of the molecule is CCCOCCOC(=O)c1cc(/C=N/N=C/c2ccc(O)c(C(=O)CO)c2)ccc1O. The van der Waals surface area contributed by atoms with Gasteiger partial charge < -0.3 is 24.8 Å². The van der Waals surface area contributed by atoms with Gasteiger partial charge in [-0.2, -0.15) is 10.2 Å². The third-order valence-electron chi connectivity index (χ3n) is 3.99. The van der Waals surface area contributed by atoms with Crippen molar-refractivity contribution in [3.05, 3.63) is 58.7 Å². The molecule has 0 heterocycles. The Bertz CT molecular complexity index is 970. The maximum Gasteiger partial charge on any atom is 0.342 e. The first-order valence-electron chi connectivity index (χ1n) is 9.57. The molecule has 0 aliphatic heterocycles. The smallest absolute Gasteiger partial charge is 0.342 e. The minimum atomic E-state index is -0.719. The monoisotopic (exact) mass is 428 g/mol. The second-order valence-electron chi connectivity index (χ2n) is 6.37. The average Bonchev–Trinajstić information content (AvgIpc) is 2.77. The molecule has 0 bridgehead atoms. The molecule has 2 aromatic rings. The van der Waals surface area contributed by atoms with Crippen molar-refractivity contribution in [2.45, 2.75) is 13.3 Å². The molecule has 164 valence electrons. The van der Waals surface area contributed by atoms with Gasteiger partial charge in [-0.05, 0) is 53.9 Å². The molecule has 0 aromatic heterocycles. The molecule has 0 amide bonds. The summed E-state index contributed by atoms with van der Waals surface area (Å²) in [6, 6.07) is 8.55. The lowest BCUT2D eigenvalue weighted by Crippen LogP contribution is -2.11. The first-order chi connectivity index (χ1) is 15.0. The predicted molar refractivity (Wildman–Crippen MR) is 114 cm³/mol. The van der Waals surface area contributed by atoms with E-state index in [0.29, 0.717) is 17.7 Å². The van der Waals surface area contributed by atoms with Gasteiger partial charge in [0.25, 0.3) is 0 Å². The fourth-order valence-electron chi connectivity index (χ4n) is 2.46. The summed E-state index contributed by atoms with van der Waals surface area (Å²) < 4.78 is 10.3. The highest BCUT2D eigenvalue weighted by Gasteiger charge is 2.13. The van der Waals surface area contributed by atoms with E-state index in [-0.39, 0.29) is 35.8 Å². The fraction of sp³-hybridized carbons (Fsp3) is 0.273. The maximum absolute atomic E-state index is 12.1. The van der Waals surface area contributed by atoms with Crippen molar-refractivity contribution in [2.75, 3.05) is 26.4 Å². The number of esters is 1. The van der Waals surface area contributed by atoms with Gasteiger partial charge >= 0.3 is 5.97 Å². The number of ketones is 1. The number of carbonyl (C=O) groups is 2. The molecule has 0 spiro atoms. The van der Waals surface area contributed by atoms with E-state index < -0.39 is 18.4 Å². The van der Waals surface area contributed by atoms with Crippen molar-refractivity contribution in [1.29, 1.82) is 0 Å². The summed E-state index contributed by atoms with van der Waals surface area (Å²) in [5.41, 5.74) is 0.976. The number of benzene rings is 2. The minimum Gasteiger partial charge on any atom is -0.507 e. The molecule has 31 heavy (non-hydrogen) atoms. The van der Waals surface area contributed by atoms with E-state index in [9.17, 15) is 19.8 Å². The van der Waals surface area contributed by atoms with E-state index in [1.807, 2.05) is 6.92 Å². The zero-order valence-corrected chi connectivity index (χ0v) is 17.0. The van der Waals surface area contributed by atoms with Gasteiger partial charge in [-0.25, -0.2) is 4.79 Å². The number of rotatable bonds is 11. The summed E-state index contributed by atoms with van der Waals surface area (Å²) in [6.45, 7) is 2.19. The van der Waals surface area contributed by atoms with E-state index in [1.54, 1.807) is 6.07 Å². The van der Waals surface area contributed by atoms with Gasteiger partial charge in [0.1, 0.15) is 30.3 Å². The normalized spacial score (nSPS) is 11.3. The zero-order chi connectivity index (χ0) is 22.6. The Morgan fingerprint density at radius 1 is 0.903 bits per heavy atom. The summed E-state index contributed by atoms with van der Waals surface area (Å²) in [4.78, 5) is 23.7. The Labute approximate surface area is 179 Å². The highest BCUT2D eigenvalue weighted by molar-refractivity contribution is 6.01. The Morgan fingerprint density at radius 3 is 2.06 bits per heavy atom. The quantitative estimate of drug-likeness (QED) is 0.164. The molecule has 0 aliphatic carbocycles. The van der Waals surface area contributed by atoms with E-state index in [1.165, 1.54) is 42.8 Å². The first kappa shape index (κ1) is 23.7. The summed E-state index contributed by atoms with van der Waals surface area (Å²) >= 11 is 0. The summed E-state index contributed by atoms with van der Waals surface area (Å²) in [7, 11) is 0. The molecule has 0 radical (unpaired) electrons. The van der Waals surface area contributed by atoms with Crippen molar-refractivity contribution >= 4 is 24.2 Å². The van der Waals surface area contributed by atoms with E-state index in [0.717, 1.165) is 6.42 Å². The fourth-order valence-corrected chi connectivity index (χ4v) is 2.46. The van der Waals surface area contributed by atoms with Crippen LogP contribution in [0.25, 0.3) is 0 Å². The van der Waals surface area contributed by atoms with Gasteiger partial charge in [-0.15, -0.1) is 0 Å². The van der Waals surface area contributed by atoms with Crippen LogP contribution in [-0.2, 0) is 9.47 Å². The zero-order valence-electron chi connectivity index (χ0n) is 17.0. The average molecular weight is 428 g/mol. The molecule has 0 atom stereocenters. The molecule has 0 aliphatic rings. The lowest BCUT2D eigenvalue weighted by Gasteiger charge is -2.07. The second kappa shape index (κ2) is 12.2. The highest BCUT2D eigenvalue weighted by atomic mass is 16.6. The van der Waals surface area contributed by atoms with Crippen molar-refractivity contribution < 1.29 is 34.4 Å². The van der Waals surface area contributed by atoms with Gasteiger partial charge in [0.05, 0.1) is 24.6 Å². The number of phenolic OH excluding ortho intramolecular Hbond substituents is 2. The van der Waals surface area contributed by atoms with Crippen LogP contribution in [0, 0.1) is 0 Å². The van der Waals surface area contributed by atoms with Crippen LogP contribution in [0.3, 0.4) is 0 Å². The third-order valence-corrected chi connectivity index (χ3v) is 3.99. The molecule has 9 nitrogen and oxygen atoms in total. The van der Waals surface area contributed by atoms with Crippen molar-refractivity contribution in [3.8, 4) is 11.5 Å². The number of aromatic hydroxyl groups is 2. The molecule has 0 saturated carbocycles.